The Morgan fingerprint density at radius 2 is 2.10 bits per heavy atom. The highest BCUT2D eigenvalue weighted by molar-refractivity contribution is 5.93. The molecule has 0 atom stereocenters. The number of halogens is 3. The number of anilines is 1. The summed E-state index contributed by atoms with van der Waals surface area (Å²) in [6.07, 6.45) is -2.55. The zero-order valence-corrected chi connectivity index (χ0v) is 10.9. The number of hydrogen-bond donors (Lipinski definition) is 2. The van der Waals surface area contributed by atoms with Crippen LogP contribution in [0, 0.1) is 0 Å². The van der Waals surface area contributed by atoms with Crippen LogP contribution in [0.2, 0.25) is 0 Å². The molecule has 1 aromatic carbocycles. The van der Waals surface area contributed by atoms with Crippen molar-refractivity contribution in [1.29, 1.82) is 0 Å². The largest absolute Gasteiger partial charge is 0.497 e. The molecule has 0 bridgehead atoms. The summed E-state index contributed by atoms with van der Waals surface area (Å²) in [5.41, 5.74) is -1.18. The van der Waals surface area contributed by atoms with Gasteiger partial charge in [0.15, 0.2) is 0 Å². The molecule has 7 heteroatoms. The number of hydrogen-bond acceptors (Lipinski definition) is 3. The van der Waals surface area contributed by atoms with E-state index in [1.165, 1.54) is 19.2 Å². The van der Waals surface area contributed by atoms with Gasteiger partial charge in [0.1, 0.15) is 5.75 Å². The Labute approximate surface area is 114 Å². The third-order valence-corrected chi connectivity index (χ3v) is 2.93. The minimum atomic E-state index is -4.55. The number of alkyl halides is 3. The van der Waals surface area contributed by atoms with E-state index >= 15 is 0 Å². The predicted molar refractivity (Wildman–Crippen MR) is 67.7 cm³/mol. The number of methoxy groups -OCH3 is 1. The summed E-state index contributed by atoms with van der Waals surface area (Å²) in [5.74, 6) is -0.404. The molecular formula is C13H15F3N2O2. The quantitative estimate of drug-likeness (QED) is 0.874. The molecule has 1 aliphatic rings. The van der Waals surface area contributed by atoms with Crippen molar-refractivity contribution in [2.75, 3.05) is 19.0 Å². The summed E-state index contributed by atoms with van der Waals surface area (Å²) in [7, 11) is 1.29. The van der Waals surface area contributed by atoms with E-state index in [0.29, 0.717) is 6.04 Å². The summed E-state index contributed by atoms with van der Waals surface area (Å²) >= 11 is 0. The third kappa shape index (κ3) is 3.86. The summed E-state index contributed by atoms with van der Waals surface area (Å²) in [4.78, 5) is 11.6. The first-order valence-corrected chi connectivity index (χ1v) is 6.18. The lowest BCUT2D eigenvalue weighted by Gasteiger charge is -2.15. The van der Waals surface area contributed by atoms with Crippen LogP contribution in [0.15, 0.2) is 18.2 Å². The van der Waals surface area contributed by atoms with Gasteiger partial charge in [-0.1, -0.05) is 0 Å². The fraction of sp³-hybridized carbons (Fsp3) is 0.462. The topological polar surface area (TPSA) is 50.4 Å². The maximum Gasteiger partial charge on any atom is 0.418 e. The lowest BCUT2D eigenvalue weighted by molar-refractivity contribution is -0.137. The van der Waals surface area contributed by atoms with Crippen LogP contribution in [-0.4, -0.2) is 25.6 Å². The molecule has 0 spiro atoms. The molecule has 1 aliphatic carbocycles. The average Bonchev–Trinajstić information content (AvgIpc) is 3.19. The lowest BCUT2D eigenvalue weighted by Crippen LogP contribution is -2.30. The van der Waals surface area contributed by atoms with Crippen LogP contribution in [0.4, 0.5) is 18.9 Å². The molecule has 1 saturated carbocycles. The molecule has 1 aromatic rings. The van der Waals surface area contributed by atoms with Gasteiger partial charge in [-0.15, -0.1) is 0 Å². The zero-order chi connectivity index (χ0) is 14.8. The number of ether oxygens (including phenoxy) is 1. The Morgan fingerprint density at radius 3 is 2.65 bits per heavy atom. The van der Waals surface area contributed by atoms with Gasteiger partial charge in [0, 0.05) is 6.04 Å². The van der Waals surface area contributed by atoms with Crippen molar-refractivity contribution in [2.45, 2.75) is 25.1 Å². The van der Waals surface area contributed by atoms with E-state index in [-0.39, 0.29) is 18.0 Å². The molecule has 2 rings (SSSR count). The molecule has 0 aliphatic heterocycles. The first kappa shape index (κ1) is 14.6. The minimum Gasteiger partial charge on any atom is -0.497 e. The van der Waals surface area contributed by atoms with E-state index in [2.05, 4.69) is 10.6 Å². The van der Waals surface area contributed by atoms with Gasteiger partial charge in [-0.3, -0.25) is 4.79 Å². The van der Waals surface area contributed by atoms with Gasteiger partial charge in [-0.05, 0) is 31.0 Å². The van der Waals surface area contributed by atoms with Crippen molar-refractivity contribution in [1.82, 2.24) is 5.32 Å². The number of carbonyl (C=O) groups is 1. The van der Waals surface area contributed by atoms with Crippen LogP contribution in [0.1, 0.15) is 18.4 Å². The highest BCUT2D eigenvalue weighted by atomic mass is 19.4. The molecule has 110 valence electrons. The van der Waals surface area contributed by atoms with E-state index in [1.807, 2.05) is 0 Å². The van der Waals surface area contributed by atoms with Crippen molar-refractivity contribution in [3.05, 3.63) is 23.8 Å². The van der Waals surface area contributed by atoms with Crippen LogP contribution in [-0.2, 0) is 11.0 Å². The summed E-state index contributed by atoms with van der Waals surface area (Å²) < 4.78 is 43.5. The predicted octanol–water partition coefficient (Wildman–Crippen LogP) is 2.40. The highest BCUT2D eigenvalue weighted by Gasteiger charge is 2.34. The average molecular weight is 288 g/mol. The summed E-state index contributed by atoms with van der Waals surface area (Å²) in [6.45, 7) is 0.00793. The summed E-state index contributed by atoms with van der Waals surface area (Å²) in [6, 6.07) is 3.75. The Bertz CT molecular complexity index is 499. The second-order valence-electron chi connectivity index (χ2n) is 4.61. The minimum absolute atomic E-state index is 0.00793. The maximum absolute atomic E-state index is 12.9. The van der Waals surface area contributed by atoms with E-state index in [9.17, 15) is 18.0 Å². The van der Waals surface area contributed by atoms with Crippen LogP contribution in [0.25, 0.3) is 0 Å². The number of benzene rings is 1. The van der Waals surface area contributed by atoms with Crippen LogP contribution >= 0.6 is 0 Å². The van der Waals surface area contributed by atoms with Gasteiger partial charge in [0.05, 0.1) is 24.9 Å². The molecule has 0 radical (unpaired) electrons. The zero-order valence-electron chi connectivity index (χ0n) is 10.9. The number of carbonyl (C=O) groups excluding carboxylic acids is 1. The van der Waals surface area contributed by atoms with Gasteiger partial charge in [0.25, 0.3) is 0 Å². The van der Waals surface area contributed by atoms with Gasteiger partial charge in [0.2, 0.25) is 5.91 Å². The van der Waals surface area contributed by atoms with Gasteiger partial charge in [-0.2, -0.15) is 13.2 Å². The van der Waals surface area contributed by atoms with Crippen molar-refractivity contribution in [3.63, 3.8) is 0 Å². The second-order valence-corrected chi connectivity index (χ2v) is 4.61. The molecule has 1 amide bonds. The van der Waals surface area contributed by atoms with Crippen molar-refractivity contribution in [2.24, 2.45) is 0 Å². The van der Waals surface area contributed by atoms with Crippen molar-refractivity contribution < 1.29 is 22.7 Å². The van der Waals surface area contributed by atoms with E-state index < -0.39 is 17.6 Å². The normalized spacial score (nSPS) is 15.0. The lowest BCUT2D eigenvalue weighted by atomic mass is 10.1. The van der Waals surface area contributed by atoms with E-state index in [4.69, 9.17) is 4.74 Å². The number of amides is 1. The number of nitrogens with one attached hydrogen (secondary N) is 2. The first-order valence-electron chi connectivity index (χ1n) is 6.18. The van der Waals surface area contributed by atoms with Gasteiger partial charge in [-0.25, -0.2) is 0 Å². The van der Waals surface area contributed by atoms with E-state index in [0.717, 1.165) is 18.9 Å². The molecule has 0 saturated heterocycles. The van der Waals surface area contributed by atoms with Gasteiger partial charge >= 0.3 is 6.18 Å². The first-order chi connectivity index (χ1) is 9.40. The van der Waals surface area contributed by atoms with Gasteiger partial charge < -0.3 is 15.4 Å². The molecule has 1 fully saturated rings. The number of rotatable bonds is 5. The maximum atomic E-state index is 12.9. The fourth-order valence-corrected chi connectivity index (χ4v) is 1.71. The summed E-state index contributed by atoms with van der Waals surface area (Å²) in [5, 5.41) is 5.21. The molecule has 0 aromatic heterocycles. The SMILES string of the molecule is COc1ccc(NC(=O)CNC2CC2)c(C(F)(F)F)c1. The molecule has 20 heavy (non-hydrogen) atoms. The van der Waals surface area contributed by atoms with Crippen LogP contribution in [0.3, 0.4) is 0 Å². The fourth-order valence-electron chi connectivity index (χ4n) is 1.71. The standard InChI is InChI=1S/C13H15F3N2O2/c1-20-9-4-5-11(10(6-9)13(14,15)16)18-12(19)7-17-8-2-3-8/h4-6,8,17H,2-3,7H2,1H3,(H,18,19). The molecule has 0 unspecified atom stereocenters. The van der Waals surface area contributed by atoms with Crippen molar-refractivity contribution in [3.8, 4) is 5.75 Å². The Balaban J connectivity index is 2.10. The third-order valence-electron chi connectivity index (χ3n) is 2.93. The second kappa shape index (κ2) is 5.70. The Hall–Kier alpha value is -1.76. The molecular weight excluding hydrogens is 273 g/mol. The van der Waals surface area contributed by atoms with Crippen LogP contribution < -0.4 is 15.4 Å². The Morgan fingerprint density at radius 1 is 1.40 bits per heavy atom. The molecule has 0 heterocycles. The van der Waals surface area contributed by atoms with Crippen LogP contribution in [0.5, 0.6) is 5.75 Å². The highest BCUT2D eigenvalue weighted by Crippen LogP contribution is 2.37. The van der Waals surface area contributed by atoms with E-state index in [1.54, 1.807) is 0 Å². The molecule has 4 nitrogen and oxygen atoms in total. The van der Waals surface area contributed by atoms with Crippen molar-refractivity contribution >= 4 is 11.6 Å². The Kier molecular flexibility index (Phi) is 4.17. The smallest absolute Gasteiger partial charge is 0.418 e. The molecule has 2 N–H and O–H groups in total. The monoisotopic (exact) mass is 288 g/mol.